The van der Waals surface area contributed by atoms with Gasteiger partial charge in [0.2, 0.25) is 4.83 Å². The Morgan fingerprint density at radius 2 is 2.05 bits per heavy atom. The maximum Gasteiger partial charge on any atom is 0.297 e. The summed E-state index contributed by atoms with van der Waals surface area (Å²) in [6.07, 6.45) is 5.91. The van der Waals surface area contributed by atoms with E-state index in [1.807, 2.05) is 24.5 Å². The van der Waals surface area contributed by atoms with Crippen LogP contribution in [0.1, 0.15) is 5.69 Å². The Balaban J connectivity index is 2.00. The van der Waals surface area contributed by atoms with Crippen molar-refractivity contribution in [2.75, 3.05) is 0 Å². The van der Waals surface area contributed by atoms with Gasteiger partial charge in [0.15, 0.2) is 10.3 Å². The summed E-state index contributed by atoms with van der Waals surface area (Å²) >= 11 is 1.73. The van der Waals surface area contributed by atoms with Gasteiger partial charge in [-0.25, -0.2) is 9.55 Å². The van der Waals surface area contributed by atoms with Gasteiger partial charge in [-0.05, 0) is 24.3 Å². The third-order valence-electron chi connectivity index (χ3n) is 3.61. The van der Waals surface area contributed by atoms with Gasteiger partial charge < -0.3 is 0 Å². The largest absolute Gasteiger partial charge is 0.297 e. The first-order valence-electron chi connectivity index (χ1n) is 6.14. The molecule has 19 heavy (non-hydrogen) atoms. The summed E-state index contributed by atoms with van der Waals surface area (Å²) in [5.74, 6) is 1.22. The molecule has 0 fully saturated rings. The molecule has 0 bridgehead atoms. The number of pyridine rings is 2. The third kappa shape index (κ3) is 1.11. The van der Waals surface area contributed by atoms with E-state index in [-0.39, 0.29) is 0 Å². The number of fused-ring (bicyclic) bond motifs is 7. The number of hydrogen-bond donors (Lipinski definition) is 0. The third-order valence-corrected chi connectivity index (χ3v) is 4.62. The first-order valence-corrected chi connectivity index (χ1v) is 6.96. The zero-order valence-corrected chi connectivity index (χ0v) is 10.8. The Morgan fingerprint density at radius 1 is 1.16 bits per heavy atom. The van der Waals surface area contributed by atoms with Gasteiger partial charge >= 0.3 is 0 Å². The second-order valence-corrected chi connectivity index (χ2v) is 5.69. The fraction of sp³-hybridized carbons (Fsp3) is 0.0714. The topological polar surface area (TPSA) is 34.1 Å². The molecule has 0 saturated heterocycles. The molecule has 0 aliphatic carbocycles. The number of hydrogen-bond acceptors (Lipinski definition) is 3. The highest BCUT2D eigenvalue weighted by Gasteiger charge is 2.32. The average Bonchev–Trinajstić information content (AvgIpc) is 3.04. The molecule has 0 radical (unpaired) electrons. The molecular weight excluding hydrogens is 256 g/mol. The molecule has 5 heteroatoms. The van der Waals surface area contributed by atoms with Crippen LogP contribution in [0, 0.1) is 0 Å². The lowest BCUT2D eigenvalue weighted by Crippen LogP contribution is -2.29. The summed E-state index contributed by atoms with van der Waals surface area (Å²) < 4.78 is 4.57. The number of imidazole rings is 1. The summed E-state index contributed by atoms with van der Waals surface area (Å²) in [5, 5.41) is 0. The lowest BCUT2D eigenvalue weighted by molar-refractivity contribution is -0.670. The van der Waals surface area contributed by atoms with Crippen LogP contribution in [0.15, 0.2) is 42.9 Å². The van der Waals surface area contributed by atoms with E-state index >= 15 is 0 Å². The minimum atomic E-state index is 0.863. The maximum absolute atomic E-state index is 4.47. The minimum absolute atomic E-state index is 0.863. The van der Waals surface area contributed by atoms with E-state index in [2.05, 4.69) is 37.3 Å². The van der Waals surface area contributed by atoms with E-state index in [0.29, 0.717) is 0 Å². The summed E-state index contributed by atoms with van der Waals surface area (Å²) in [6, 6.07) is 8.26. The molecule has 0 saturated carbocycles. The summed E-state index contributed by atoms with van der Waals surface area (Å²) in [6.45, 7) is 0.863. The van der Waals surface area contributed by atoms with Gasteiger partial charge in [-0.2, -0.15) is 4.40 Å². The molecule has 0 amide bonds. The van der Waals surface area contributed by atoms with Gasteiger partial charge in [-0.1, -0.05) is 11.3 Å². The first-order chi connectivity index (χ1) is 9.42. The number of aromatic nitrogens is 4. The normalized spacial score (nSPS) is 13.1. The lowest BCUT2D eigenvalue weighted by atomic mass is 10.2. The van der Waals surface area contributed by atoms with Crippen LogP contribution >= 0.6 is 11.3 Å². The molecule has 1 aliphatic rings. The highest BCUT2D eigenvalue weighted by Crippen LogP contribution is 2.32. The van der Waals surface area contributed by atoms with Crippen LogP contribution in [0.5, 0.6) is 0 Å². The molecule has 4 aromatic rings. The molecule has 90 valence electrons. The second-order valence-electron chi connectivity index (χ2n) is 4.68. The predicted molar refractivity (Wildman–Crippen MR) is 73.1 cm³/mol. The van der Waals surface area contributed by atoms with Crippen LogP contribution in [0.3, 0.4) is 0 Å². The van der Waals surface area contributed by atoms with Crippen LogP contribution in [0.4, 0.5) is 0 Å². The van der Waals surface area contributed by atoms with Crippen molar-refractivity contribution in [1.82, 2.24) is 14.4 Å². The predicted octanol–water partition coefficient (Wildman–Crippen LogP) is 2.26. The van der Waals surface area contributed by atoms with Gasteiger partial charge in [0, 0.05) is 12.4 Å². The number of nitrogens with zero attached hydrogens (tertiary/aromatic N) is 4. The Bertz CT molecular complexity index is 951. The number of rotatable bonds is 0. The first kappa shape index (κ1) is 9.63. The fourth-order valence-corrected chi connectivity index (χ4v) is 3.88. The summed E-state index contributed by atoms with van der Waals surface area (Å²) in [7, 11) is 0. The quantitative estimate of drug-likeness (QED) is 0.402. The summed E-state index contributed by atoms with van der Waals surface area (Å²) in [5.41, 5.74) is 3.55. The SMILES string of the molecule is c1cnc2c(c1)-c1n3c(c[n+]1C2)sc1ncccc13. The van der Waals surface area contributed by atoms with Gasteiger partial charge in [-0.3, -0.25) is 4.98 Å². The minimum Gasteiger partial charge on any atom is -0.256 e. The van der Waals surface area contributed by atoms with E-state index in [0.717, 1.165) is 17.1 Å². The molecule has 0 spiro atoms. The Labute approximate surface area is 112 Å². The Kier molecular flexibility index (Phi) is 1.62. The van der Waals surface area contributed by atoms with Crippen molar-refractivity contribution in [2.45, 2.75) is 6.54 Å². The van der Waals surface area contributed by atoms with E-state index < -0.39 is 0 Å². The Morgan fingerprint density at radius 3 is 3.05 bits per heavy atom. The fourth-order valence-electron chi connectivity index (χ4n) is 2.84. The highest BCUT2D eigenvalue weighted by atomic mass is 32.1. The van der Waals surface area contributed by atoms with Crippen LogP contribution < -0.4 is 4.57 Å². The molecule has 1 aliphatic heterocycles. The van der Waals surface area contributed by atoms with Crippen molar-refractivity contribution >= 4 is 26.5 Å². The molecule has 0 aromatic carbocycles. The zero-order chi connectivity index (χ0) is 12.4. The van der Waals surface area contributed by atoms with Crippen LogP contribution in [0.25, 0.3) is 26.6 Å². The van der Waals surface area contributed by atoms with Gasteiger partial charge in [-0.15, -0.1) is 0 Å². The van der Waals surface area contributed by atoms with Crippen LogP contribution in [-0.2, 0) is 6.54 Å². The number of thiazole rings is 1. The van der Waals surface area contributed by atoms with Crippen LogP contribution in [0.2, 0.25) is 0 Å². The second kappa shape index (κ2) is 3.19. The van der Waals surface area contributed by atoms with Crippen molar-refractivity contribution in [3.63, 3.8) is 0 Å². The lowest BCUT2D eigenvalue weighted by Gasteiger charge is -1.92. The van der Waals surface area contributed by atoms with Gasteiger partial charge in [0.05, 0.1) is 11.3 Å². The van der Waals surface area contributed by atoms with Gasteiger partial charge in [0.25, 0.3) is 5.82 Å². The summed E-state index contributed by atoms with van der Waals surface area (Å²) in [4.78, 5) is 11.2. The van der Waals surface area contributed by atoms with Gasteiger partial charge in [0.1, 0.15) is 12.7 Å². The molecule has 0 unspecified atom stereocenters. The molecule has 4 nitrogen and oxygen atoms in total. The molecule has 4 aromatic heterocycles. The smallest absolute Gasteiger partial charge is 0.256 e. The molecule has 5 rings (SSSR count). The van der Waals surface area contributed by atoms with Crippen LogP contribution in [-0.4, -0.2) is 14.4 Å². The molecular formula is C14H9N4S+. The zero-order valence-electron chi connectivity index (χ0n) is 9.95. The van der Waals surface area contributed by atoms with Crippen molar-refractivity contribution < 1.29 is 4.57 Å². The van der Waals surface area contributed by atoms with E-state index in [1.165, 1.54) is 21.7 Å². The van der Waals surface area contributed by atoms with E-state index in [4.69, 9.17) is 0 Å². The monoisotopic (exact) mass is 265 g/mol. The van der Waals surface area contributed by atoms with Crippen molar-refractivity contribution in [2.24, 2.45) is 0 Å². The molecule has 5 heterocycles. The van der Waals surface area contributed by atoms with Crippen molar-refractivity contribution in [3.05, 3.63) is 48.5 Å². The standard InChI is InChI=1S/C14H9N4S/c1-3-9-10(15-5-1)7-17-8-12-18(14(9)17)11-4-2-6-16-13(11)19-12/h1-6,8H,7H2/q+1. The van der Waals surface area contributed by atoms with Crippen molar-refractivity contribution in [1.29, 1.82) is 0 Å². The Hall–Kier alpha value is -2.27. The average molecular weight is 265 g/mol. The van der Waals surface area contributed by atoms with E-state index in [9.17, 15) is 0 Å². The highest BCUT2D eigenvalue weighted by molar-refractivity contribution is 7.23. The molecule has 0 N–H and O–H groups in total. The molecule has 0 atom stereocenters. The maximum atomic E-state index is 4.47. The van der Waals surface area contributed by atoms with E-state index in [1.54, 1.807) is 11.3 Å². The van der Waals surface area contributed by atoms with Crippen molar-refractivity contribution in [3.8, 4) is 11.4 Å².